The van der Waals surface area contributed by atoms with E-state index in [0.717, 1.165) is 0 Å². The Labute approximate surface area is 78.2 Å². The van der Waals surface area contributed by atoms with E-state index in [1.807, 2.05) is 13.8 Å². The normalized spacial score (nSPS) is 20.3. The highest BCUT2D eigenvalue weighted by atomic mass is 32.2. The lowest BCUT2D eigenvalue weighted by molar-refractivity contribution is 0.112. The fraction of sp³-hybridized carbons (Fsp3) is 0.625. The standard InChI is InChI=1S/C8H13NO3S/c1-6(2)12-5-8-9-4-7(3)13(8,10)11/h4,6H,5H2,1-3H3. The summed E-state index contributed by atoms with van der Waals surface area (Å²) in [6, 6.07) is 0. The first-order valence-corrected chi connectivity index (χ1v) is 5.53. The number of ether oxygens (including phenoxy) is 1. The van der Waals surface area contributed by atoms with E-state index in [4.69, 9.17) is 4.74 Å². The Morgan fingerprint density at radius 1 is 1.54 bits per heavy atom. The molecule has 0 N–H and O–H groups in total. The molecule has 0 amide bonds. The molecule has 1 heterocycles. The maximum Gasteiger partial charge on any atom is 0.219 e. The number of nitrogens with zero attached hydrogens (tertiary/aromatic N) is 1. The highest BCUT2D eigenvalue weighted by molar-refractivity contribution is 8.10. The Hall–Kier alpha value is -0.680. The second kappa shape index (κ2) is 3.59. The molecule has 0 saturated carbocycles. The summed E-state index contributed by atoms with van der Waals surface area (Å²) >= 11 is 0. The molecule has 0 aliphatic carbocycles. The molecule has 0 fully saturated rings. The first-order valence-electron chi connectivity index (χ1n) is 4.04. The Bertz CT molecular complexity index is 352. The van der Waals surface area contributed by atoms with Crippen LogP contribution in [0, 0.1) is 0 Å². The molecule has 0 radical (unpaired) electrons. The molecule has 1 aliphatic rings. The molecule has 5 heteroatoms. The number of allylic oxidation sites excluding steroid dienone is 1. The van der Waals surface area contributed by atoms with Gasteiger partial charge in [0.25, 0.3) is 0 Å². The van der Waals surface area contributed by atoms with Gasteiger partial charge in [-0.3, -0.25) is 0 Å². The largest absolute Gasteiger partial charge is 0.372 e. The topological polar surface area (TPSA) is 55.7 Å². The average Bonchev–Trinajstić information content (AvgIpc) is 2.25. The molecule has 0 aromatic carbocycles. The molecule has 4 nitrogen and oxygen atoms in total. The molecule has 0 bridgehead atoms. The van der Waals surface area contributed by atoms with Crippen LogP contribution in [0.25, 0.3) is 0 Å². The highest BCUT2D eigenvalue weighted by Crippen LogP contribution is 2.16. The van der Waals surface area contributed by atoms with E-state index >= 15 is 0 Å². The lowest BCUT2D eigenvalue weighted by Crippen LogP contribution is -2.20. The van der Waals surface area contributed by atoms with Crippen LogP contribution in [-0.2, 0) is 14.6 Å². The summed E-state index contributed by atoms with van der Waals surface area (Å²) in [6.45, 7) is 5.29. The summed E-state index contributed by atoms with van der Waals surface area (Å²) in [4.78, 5) is 4.07. The predicted molar refractivity (Wildman–Crippen MR) is 51.2 cm³/mol. The van der Waals surface area contributed by atoms with Crippen LogP contribution in [0.2, 0.25) is 0 Å². The van der Waals surface area contributed by atoms with Crippen LogP contribution in [-0.4, -0.2) is 26.2 Å². The van der Waals surface area contributed by atoms with Gasteiger partial charge in [-0.15, -0.1) is 0 Å². The minimum absolute atomic E-state index is 0.0128. The fourth-order valence-electron chi connectivity index (χ4n) is 0.840. The Morgan fingerprint density at radius 3 is 2.54 bits per heavy atom. The van der Waals surface area contributed by atoms with Gasteiger partial charge in [0.1, 0.15) is 6.61 Å². The molecule has 1 rings (SSSR count). The van der Waals surface area contributed by atoms with Gasteiger partial charge in [-0.2, -0.15) is 0 Å². The van der Waals surface area contributed by atoms with Crippen LogP contribution < -0.4 is 0 Å². The third-order valence-electron chi connectivity index (χ3n) is 1.66. The van der Waals surface area contributed by atoms with Crippen molar-refractivity contribution >= 4 is 14.9 Å². The van der Waals surface area contributed by atoms with Gasteiger partial charge < -0.3 is 4.74 Å². The van der Waals surface area contributed by atoms with Crippen molar-refractivity contribution in [2.24, 2.45) is 4.99 Å². The zero-order valence-electron chi connectivity index (χ0n) is 7.94. The minimum atomic E-state index is -3.28. The highest BCUT2D eigenvalue weighted by Gasteiger charge is 2.26. The number of aliphatic imine (C=N–C) groups is 1. The molecule has 0 spiro atoms. The van der Waals surface area contributed by atoms with Gasteiger partial charge in [0, 0.05) is 6.20 Å². The molecule has 0 aromatic heterocycles. The second-order valence-electron chi connectivity index (χ2n) is 3.13. The summed E-state index contributed by atoms with van der Waals surface area (Å²) in [7, 11) is -3.28. The van der Waals surface area contributed by atoms with Crippen LogP contribution in [0.5, 0.6) is 0 Å². The summed E-state index contributed by atoms with van der Waals surface area (Å²) in [6.07, 6.45) is 1.37. The third kappa shape index (κ3) is 2.16. The molecular formula is C8H13NO3S. The Kier molecular flexibility index (Phi) is 2.87. The maximum atomic E-state index is 11.4. The van der Waals surface area contributed by atoms with Crippen molar-refractivity contribution < 1.29 is 13.2 Å². The van der Waals surface area contributed by atoms with Crippen molar-refractivity contribution in [3.8, 4) is 0 Å². The van der Waals surface area contributed by atoms with E-state index in [9.17, 15) is 8.42 Å². The molecule has 0 saturated heterocycles. The van der Waals surface area contributed by atoms with E-state index in [-0.39, 0.29) is 22.7 Å². The van der Waals surface area contributed by atoms with E-state index in [1.54, 1.807) is 0 Å². The summed E-state index contributed by atoms with van der Waals surface area (Å²) in [5, 5.41) is 0.110. The maximum absolute atomic E-state index is 11.4. The molecular weight excluding hydrogens is 190 g/mol. The van der Waals surface area contributed by atoms with Gasteiger partial charge in [0.15, 0.2) is 5.04 Å². The van der Waals surface area contributed by atoms with Crippen molar-refractivity contribution in [1.29, 1.82) is 0 Å². The van der Waals surface area contributed by atoms with Crippen LogP contribution >= 0.6 is 0 Å². The van der Waals surface area contributed by atoms with Crippen LogP contribution in [0.15, 0.2) is 16.1 Å². The third-order valence-corrected chi connectivity index (χ3v) is 3.46. The van der Waals surface area contributed by atoms with E-state index < -0.39 is 9.84 Å². The Morgan fingerprint density at radius 2 is 2.15 bits per heavy atom. The Balaban J connectivity index is 2.67. The zero-order valence-corrected chi connectivity index (χ0v) is 8.76. The van der Waals surface area contributed by atoms with Crippen molar-refractivity contribution in [3.05, 3.63) is 11.1 Å². The van der Waals surface area contributed by atoms with Crippen LogP contribution in [0.1, 0.15) is 20.8 Å². The van der Waals surface area contributed by atoms with Crippen molar-refractivity contribution in [1.82, 2.24) is 0 Å². The van der Waals surface area contributed by atoms with Crippen molar-refractivity contribution in [3.63, 3.8) is 0 Å². The van der Waals surface area contributed by atoms with Gasteiger partial charge in [-0.05, 0) is 20.8 Å². The van der Waals surface area contributed by atoms with E-state index in [1.165, 1.54) is 13.1 Å². The van der Waals surface area contributed by atoms with Crippen molar-refractivity contribution in [2.75, 3.05) is 6.61 Å². The van der Waals surface area contributed by atoms with Gasteiger partial charge in [-0.25, -0.2) is 13.4 Å². The molecule has 13 heavy (non-hydrogen) atoms. The van der Waals surface area contributed by atoms with Gasteiger partial charge in [-0.1, -0.05) is 0 Å². The summed E-state index contributed by atoms with van der Waals surface area (Å²) in [5.74, 6) is 0. The number of hydrogen-bond donors (Lipinski definition) is 0. The second-order valence-corrected chi connectivity index (χ2v) is 5.25. The fourth-order valence-corrected chi connectivity index (χ4v) is 1.82. The van der Waals surface area contributed by atoms with Crippen molar-refractivity contribution in [2.45, 2.75) is 26.9 Å². The molecule has 0 aromatic rings. The van der Waals surface area contributed by atoms with Gasteiger partial charge in [0.2, 0.25) is 9.84 Å². The number of rotatable bonds is 3. The SMILES string of the molecule is CC1=CN=C(COC(C)C)S1(=O)=O. The lowest BCUT2D eigenvalue weighted by Gasteiger charge is -2.06. The molecule has 0 unspecified atom stereocenters. The molecule has 74 valence electrons. The predicted octanol–water partition coefficient (Wildman–Crippen LogP) is 1.10. The number of hydrogen-bond acceptors (Lipinski definition) is 4. The van der Waals surface area contributed by atoms with Crippen LogP contribution in [0.3, 0.4) is 0 Å². The zero-order chi connectivity index (χ0) is 10.1. The lowest BCUT2D eigenvalue weighted by atomic mass is 10.5. The van der Waals surface area contributed by atoms with Gasteiger partial charge >= 0.3 is 0 Å². The summed E-state index contributed by atoms with van der Waals surface area (Å²) in [5.41, 5.74) is 0. The number of sulfone groups is 1. The van der Waals surface area contributed by atoms with Gasteiger partial charge in [0.05, 0.1) is 11.0 Å². The van der Waals surface area contributed by atoms with E-state index in [0.29, 0.717) is 0 Å². The van der Waals surface area contributed by atoms with E-state index in [2.05, 4.69) is 4.99 Å². The molecule has 1 aliphatic heterocycles. The first-order chi connectivity index (χ1) is 5.94. The molecule has 0 atom stereocenters. The minimum Gasteiger partial charge on any atom is -0.372 e. The van der Waals surface area contributed by atoms with Crippen LogP contribution in [0.4, 0.5) is 0 Å². The summed E-state index contributed by atoms with van der Waals surface area (Å²) < 4.78 is 28.0. The first kappa shape index (κ1) is 10.4. The quantitative estimate of drug-likeness (QED) is 0.690. The smallest absolute Gasteiger partial charge is 0.219 e. The monoisotopic (exact) mass is 203 g/mol. The average molecular weight is 203 g/mol.